The maximum absolute atomic E-state index is 2.27. The minimum atomic E-state index is 1.29. The van der Waals surface area contributed by atoms with Crippen LogP contribution in [-0.4, -0.2) is 4.57 Å². The fourth-order valence-corrected chi connectivity index (χ4v) is 2.47. The van der Waals surface area contributed by atoms with Gasteiger partial charge in [0.1, 0.15) is 0 Å². The number of rotatable bonds is 1. The summed E-state index contributed by atoms with van der Waals surface area (Å²) in [4.78, 5) is 0. The molecule has 1 heterocycles. The summed E-state index contributed by atoms with van der Waals surface area (Å²) < 4.78 is 2.20. The summed E-state index contributed by atoms with van der Waals surface area (Å²) in [5, 5.41) is 1.33. The molecule has 2 aromatic carbocycles. The Labute approximate surface area is 108 Å². The van der Waals surface area contributed by atoms with Crippen molar-refractivity contribution < 1.29 is 0 Å². The Morgan fingerprint density at radius 2 is 1.50 bits per heavy atom. The van der Waals surface area contributed by atoms with Gasteiger partial charge in [0.15, 0.2) is 0 Å². The Kier molecular flexibility index (Phi) is 2.48. The van der Waals surface area contributed by atoms with Gasteiger partial charge in [0, 0.05) is 29.7 Å². The Hall–Kier alpha value is -2.02. The van der Waals surface area contributed by atoms with E-state index in [1.54, 1.807) is 0 Å². The van der Waals surface area contributed by atoms with E-state index in [9.17, 15) is 0 Å². The van der Waals surface area contributed by atoms with Gasteiger partial charge in [0.2, 0.25) is 0 Å². The maximum atomic E-state index is 2.27. The highest BCUT2D eigenvalue weighted by Crippen LogP contribution is 2.30. The normalized spacial score (nSPS) is 11.1. The summed E-state index contributed by atoms with van der Waals surface area (Å²) in [5.74, 6) is 0. The van der Waals surface area contributed by atoms with Crippen molar-refractivity contribution in [2.45, 2.75) is 13.8 Å². The molecular weight excluding hydrogens is 218 g/mol. The van der Waals surface area contributed by atoms with E-state index in [2.05, 4.69) is 74.1 Å². The summed E-state index contributed by atoms with van der Waals surface area (Å²) in [7, 11) is 2.11. The highest BCUT2D eigenvalue weighted by atomic mass is 14.9. The standard InChI is InChI=1S/C17H17N/c1-12-4-7-14(8-5-12)16-11-18(3)17-9-6-13(2)10-15(16)17/h4-11H,1-3H3. The van der Waals surface area contributed by atoms with Crippen LogP contribution in [0.25, 0.3) is 22.0 Å². The van der Waals surface area contributed by atoms with Crippen LogP contribution in [0, 0.1) is 13.8 Å². The van der Waals surface area contributed by atoms with E-state index in [1.807, 2.05) is 0 Å². The molecule has 18 heavy (non-hydrogen) atoms. The van der Waals surface area contributed by atoms with Gasteiger partial charge in [-0.25, -0.2) is 0 Å². The lowest BCUT2D eigenvalue weighted by Crippen LogP contribution is -1.82. The van der Waals surface area contributed by atoms with Crippen LogP contribution in [0.3, 0.4) is 0 Å². The summed E-state index contributed by atoms with van der Waals surface area (Å²) >= 11 is 0. The van der Waals surface area contributed by atoms with Gasteiger partial charge in [-0.15, -0.1) is 0 Å². The SMILES string of the molecule is Cc1ccc(-c2cn(C)c3ccc(C)cc23)cc1. The molecule has 0 saturated carbocycles. The van der Waals surface area contributed by atoms with E-state index in [1.165, 1.54) is 33.2 Å². The van der Waals surface area contributed by atoms with Crippen LogP contribution in [0.5, 0.6) is 0 Å². The third-order valence-electron chi connectivity index (χ3n) is 3.51. The zero-order valence-electron chi connectivity index (χ0n) is 11.1. The molecule has 1 heteroatoms. The number of hydrogen-bond donors (Lipinski definition) is 0. The molecule has 1 aromatic heterocycles. The van der Waals surface area contributed by atoms with Gasteiger partial charge in [0.05, 0.1) is 0 Å². The number of nitrogens with zero attached hydrogens (tertiary/aromatic N) is 1. The predicted molar refractivity (Wildman–Crippen MR) is 77.8 cm³/mol. The van der Waals surface area contributed by atoms with Crippen LogP contribution in [0.1, 0.15) is 11.1 Å². The number of hydrogen-bond acceptors (Lipinski definition) is 0. The third-order valence-corrected chi connectivity index (χ3v) is 3.51. The van der Waals surface area contributed by atoms with Crippen LogP contribution in [0.15, 0.2) is 48.7 Å². The van der Waals surface area contributed by atoms with Crippen molar-refractivity contribution in [2.75, 3.05) is 0 Å². The number of aryl methyl sites for hydroxylation is 3. The van der Waals surface area contributed by atoms with E-state index < -0.39 is 0 Å². The Balaban J connectivity index is 2.28. The van der Waals surface area contributed by atoms with Crippen LogP contribution in [0.4, 0.5) is 0 Å². The molecule has 0 aliphatic carbocycles. The average molecular weight is 235 g/mol. The minimum Gasteiger partial charge on any atom is -0.350 e. The summed E-state index contributed by atoms with van der Waals surface area (Å²) in [5.41, 5.74) is 6.50. The van der Waals surface area contributed by atoms with Crippen LogP contribution >= 0.6 is 0 Å². The molecule has 0 aliphatic heterocycles. The lowest BCUT2D eigenvalue weighted by molar-refractivity contribution is 0.970. The van der Waals surface area contributed by atoms with E-state index in [0.717, 1.165) is 0 Å². The van der Waals surface area contributed by atoms with Gasteiger partial charge >= 0.3 is 0 Å². The number of aromatic nitrogens is 1. The molecule has 0 N–H and O–H groups in total. The highest BCUT2D eigenvalue weighted by Gasteiger charge is 2.08. The van der Waals surface area contributed by atoms with Crippen LogP contribution < -0.4 is 0 Å². The first-order valence-electron chi connectivity index (χ1n) is 6.28. The van der Waals surface area contributed by atoms with Gasteiger partial charge in [-0.05, 0) is 31.5 Å². The van der Waals surface area contributed by atoms with Crippen molar-refractivity contribution in [3.05, 3.63) is 59.8 Å². The van der Waals surface area contributed by atoms with E-state index in [-0.39, 0.29) is 0 Å². The minimum absolute atomic E-state index is 1.29. The molecule has 3 aromatic rings. The molecular formula is C17H17N. The Morgan fingerprint density at radius 3 is 2.22 bits per heavy atom. The first-order valence-corrected chi connectivity index (χ1v) is 6.28. The zero-order chi connectivity index (χ0) is 12.7. The van der Waals surface area contributed by atoms with Crippen molar-refractivity contribution in [3.8, 4) is 11.1 Å². The monoisotopic (exact) mass is 235 g/mol. The van der Waals surface area contributed by atoms with Crippen molar-refractivity contribution in [2.24, 2.45) is 7.05 Å². The van der Waals surface area contributed by atoms with E-state index >= 15 is 0 Å². The molecule has 0 atom stereocenters. The van der Waals surface area contributed by atoms with E-state index in [4.69, 9.17) is 0 Å². The molecule has 0 radical (unpaired) electrons. The fourth-order valence-electron chi connectivity index (χ4n) is 2.47. The highest BCUT2D eigenvalue weighted by molar-refractivity contribution is 5.96. The molecule has 0 fully saturated rings. The second-order valence-electron chi connectivity index (χ2n) is 5.04. The quantitative estimate of drug-likeness (QED) is 0.586. The number of benzene rings is 2. The van der Waals surface area contributed by atoms with E-state index in [0.29, 0.717) is 0 Å². The topological polar surface area (TPSA) is 4.93 Å². The van der Waals surface area contributed by atoms with Gasteiger partial charge in [-0.3, -0.25) is 0 Å². The van der Waals surface area contributed by atoms with Gasteiger partial charge < -0.3 is 4.57 Å². The predicted octanol–water partition coefficient (Wildman–Crippen LogP) is 4.46. The van der Waals surface area contributed by atoms with Crippen molar-refractivity contribution in [1.29, 1.82) is 0 Å². The zero-order valence-corrected chi connectivity index (χ0v) is 11.1. The van der Waals surface area contributed by atoms with Crippen molar-refractivity contribution in [3.63, 3.8) is 0 Å². The van der Waals surface area contributed by atoms with Crippen molar-refractivity contribution >= 4 is 10.9 Å². The molecule has 0 unspecified atom stereocenters. The van der Waals surface area contributed by atoms with Crippen LogP contribution in [-0.2, 0) is 7.05 Å². The lowest BCUT2D eigenvalue weighted by atomic mass is 10.0. The Bertz CT molecular complexity index is 702. The second kappa shape index (κ2) is 4.02. The molecule has 90 valence electrons. The summed E-state index contributed by atoms with van der Waals surface area (Å²) in [6.07, 6.45) is 2.22. The van der Waals surface area contributed by atoms with Gasteiger partial charge in [0.25, 0.3) is 0 Å². The summed E-state index contributed by atoms with van der Waals surface area (Å²) in [6.45, 7) is 4.27. The fraction of sp³-hybridized carbons (Fsp3) is 0.176. The van der Waals surface area contributed by atoms with Gasteiger partial charge in [-0.2, -0.15) is 0 Å². The maximum Gasteiger partial charge on any atom is 0.0484 e. The summed E-state index contributed by atoms with van der Waals surface area (Å²) in [6, 6.07) is 15.4. The first-order chi connectivity index (χ1) is 8.65. The smallest absolute Gasteiger partial charge is 0.0484 e. The molecule has 0 aliphatic rings. The lowest BCUT2D eigenvalue weighted by Gasteiger charge is -2.01. The largest absolute Gasteiger partial charge is 0.350 e. The third kappa shape index (κ3) is 1.72. The molecule has 0 saturated heterocycles. The first kappa shape index (κ1) is 11.1. The second-order valence-corrected chi connectivity index (χ2v) is 5.04. The van der Waals surface area contributed by atoms with Gasteiger partial charge in [-0.1, -0.05) is 41.5 Å². The molecule has 1 nitrogen and oxygen atoms in total. The molecule has 0 spiro atoms. The average Bonchev–Trinajstić information content (AvgIpc) is 2.67. The molecule has 0 bridgehead atoms. The van der Waals surface area contributed by atoms with Crippen LogP contribution in [0.2, 0.25) is 0 Å². The molecule has 3 rings (SSSR count). The molecule has 0 amide bonds. The Morgan fingerprint density at radius 1 is 0.833 bits per heavy atom. The van der Waals surface area contributed by atoms with Crippen molar-refractivity contribution in [1.82, 2.24) is 4.57 Å². The number of fused-ring (bicyclic) bond motifs is 1.